The first kappa shape index (κ1) is 17.2. The van der Waals surface area contributed by atoms with Gasteiger partial charge in [-0.05, 0) is 56.7 Å². The van der Waals surface area contributed by atoms with Crippen molar-refractivity contribution in [1.82, 2.24) is 9.97 Å². The standard InChI is InChI=1S/C21H23N3OS/c1-13-15-8-6-7-9-17(15)22-14(2)16(13)12-20(25)24-21-23-18-10-4-3-5-11-19(18)26-21/h6-9H,3-5,10-12H2,1-2H3,(H,23,24,25). The third-order valence-corrected chi connectivity index (χ3v) is 6.24. The molecule has 0 saturated heterocycles. The minimum Gasteiger partial charge on any atom is -0.302 e. The smallest absolute Gasteiger partial charge is 0.230 e. The molecule has 1 aliphatic rings. The predicted molar refractivity (Wildman–Crippen MR) is 107 cm³/mol. The van der Waals surface area contributed by atoms with E-state index in [9.17, 15) is 4.79 Å². The first-order valence-corrected chi connectivity index (χ1v) is 10.1. The van der Waals surface area contributed by atoms with Crippen LogP contribution in [0.4, 0.5) is 5.13 Å². The van der Waals surface area contributed by atoms with Gasteiger partial charge in [-0.3, -0.25) is 9.78 Å². The Labute approximate surface area is 157 Å². The second kappa shape index (κ2) is 7.16. The number of para-hydroxylation sites is 1. The average Bonchev–Trinajstić information content (AvgIpc) is 2.86. The van der Waals surface area contributed by atoms with Crippen LogP contribution < -0.4 is 5.32 Å². The summed E-state index contributed by atoms with van der Waals surface area (Å²) in [6.07, 6.45) is 6.16. The Bertz CT molecular complexity index is 953. The zero-order valence-corrected chi connectivity index (χ0v) is 16.1. The Balaban J connectivity index is 1.54. The fourth-order valence-corrected chi connectivity index (χ4v) is 4.80. The molecule has 0 unspecified atom stereocenters. The van der Waals surface area contributed by atoms with E-state index in [4.69, 9.17) is 0 Å². The fourth-order valence-electron chi connectivity index (χ4n) is 3.74. The normalized spacial score (nSPS) is 14.1. The second-order valence-electron chi connectivity index (χ2n) is 6.99. The Morgan fingerprint density at radius 1 is 1.12 bits per heavy atom. The van der Waals surface area contributed by atoms with Crippen molar-refractivity contribution in [3.05, 3.63) is 51.7 Å². The summed E-state index contributed by atoms with van der Waals surface area (Å²) in [6, 6.07) is 8.09. The van der Waals surface area contributed by atoms with Gasteiger partial charge in [0.2, 0.25) is 5.91 Å². The van der Waals surface area contributed by atoms with Gasteiger partial charge in [-0.1, -0.05) is 24.6 Å². The molecule has 1 aromatic carbocycles. The number of amides is 1. The Morgan fingerprint density at radius 3 is 2.81 bits per heavy atom. The third kappa shape index (κ3) is 3.36. The van der Waals surface area contributed by atoms with E-state index in [0.717, 1.165) is 45.7 Å². The SMILES string of the molecule is Cc1nc2ccccc2c(C)c1CC(=O)Nc1nc2c(s1)CCCCC2. The highest BCUT2D eigenvalue weighted by molar-refractivity contribution is 7.15. The first-order valence-electron chi connectivity index (χ1n) is 9.25. The number of rotatable bonds is 3. The van der Waals surface area contributed by atoms with Gasteiger partial charge >= 0.3 is 0 Å². The van der Waals surface area contributed by atoms with Crippen LogP contribution in [0, 0.1) is 13.8 Å². The number of fused-ring (bicyclic) bond motifs is 2. The summed E-state index contributed by atoms with van der Waals surface area (Å²) in [4.78, 5) is 23.3. The van der Waals surface area contributed by atoms with E-state index in [1.165, 1.54) is 29.8 Å². The van der Waals surface area contributed by atoms with Gasteiger partial charge in [-0.15, -0.1) is 11.3 Å². The summed E-state index contributed by atoms with van der Waals surface area (Å²) in [5.41, 5.74) is 5.24. The molecule has 0 saturated carbocycles. The van der Waals surface area contributed by atoms with Crippen LogP contribution in [0.5, 0.6) is 0 Å². The van der Waals surface area contributed by atoms with E-state index >= 15 is 0 Å². The van der Waals surface area contributed by atoms with Crippen molar-refractivity contribution in [1.29, 1.82) is 0 Å². The number of thiazole rings is 1. The summed E-state index contributed by atoms with van der Waals surface area (Å²) in [5, 5.41) is 4.87. The summed E-state index contributed by atoms with van der Waals surface area (Å²) in [6.45, 7) is 4.05. The van der Waals surface area contributed by atoms with E-state index in [0.29, 0.717) is 6.42 Å². The molecule has 134 valence electrons. The third-order valence-electron chi connectivity index (χ3n) is 5.16. The number of nitrogens with one attached hydrogen (secondary N) is 1. The van der Waals surface area contributed by atoms with Crippen LogP contribution in [0.1, 0.15) is 46.7 Å². The van der Waals surface area contributed by atoms with Crippen LogP contribution in [0.15, 0.2) is 24.3 Å². The summed E-state index contributed by atoms with van der Waals surface area (Å²) < 4.78 is 0. The molecular formula is C21H23N3OS. The molecule has 4 nitrogen and oxygen atoms in total. The number of carbonyl (C=O) groups excluding carboxylic acids is 1. The van der Waals surface area contributed by atoms with Gasteiger partial charge in [0.15, 0.2) is 5.13 Å². The predicted octanol–water partition coefficient (Wildman–Crippen LogP) is 4.76. The Morgan fingerprint density at radius 2 is 1.92 bits per heavy atom. The quantitative estimate of drug-likeness (QED) is 0.681. The number of carbonyl (C=O) groups is 1. The summed E-state index contributed by atoms with van der Waals surface area (Å²) in [7, 11) is 0. The molecule has 5 heteroatoms. The van der Waals surface area contributed by atoms with Crippen molar-refractivity contribution >= 4 is 33.3 Å². The number of pyridine rings is 1. The molecule has 1 amide bonds. The maximum Gasteiger partial charge on any atom is 0.230 e. The maximum atomic E-state index is 12.6. The van der Waals surface area contributed by atoms with Crippen molar-refractivity contribution in [2.24, 2.45) is 0 Å². The van der Waals surface area contributed by atoms with Gasteiger partial charge in [0, 0.05) is 16.0 Å². The van der Waals surface area contributed by atoms with Crippen molar-refractivity contribution in [2.75, 3.05) is 5.32 Å². The Hall–Kier alpha value is -2.27. The number of hydrogen-bond donors (Lipinski definition) is 1. The molecule has 4 rings (SSSR count). The van der Waals surface area contributed by atoms with Crippen LogP contribution in [0.2, 0.25) is 0 Å². The van der Waals surface area contributed by atoms with Crippen molar-refractivity contribution in [3.8, 4) is 0 Å². The molecule has 0 bridgehead atoms. The van der Waals surface area contributed by atoms with Crippen molar-refractivity contribution in [2.45, 2.75) is 52.4 Å². The molecule has 0 spiro atoms. The van der Waals surface area contributed by atoms with Gasteiger partial charge in [0.25, 0.3) is 0 Å². The molecule has 3 aromatic rings. The molecule has 0 radical (unpaired) electrons. The molecule has 0 fully saturated rings. The highest BCUT2D eigenvalue weighted by Crippen LogP contribution is 2.29. The number of benzene rings is 1. The highest BCUT2D eigenvalue weighted by atomic mass is 32.1. The fraction of sp³-hybridized carbons (Fsp3) is 0.381. The van der Waals surface area contributed by atoms with Crippen LogP contribution in [0.3, 0.4) is 0 Å². The number of aryl methyl sites for hydroxylation is 4. The summed E-state index contributed by atoms with van der Waals surface area (Å²) >= 11 is 1.64. The minimum absolute atomic E-state index is 0.0165. The molecule has 1 N–H and O–H groups in total. The average molecular weight is 366 g/mol. The minimum atomic E-state index is -0.0165. The van der Waals surface area contributed by atoms with E-state index in [2.05, 4.69) is 28.3 Å². The lowest BCUT2D eigenvalue weighted by Crippen LogP contribution is -2.16. The van der Waals surface area contributed by atoms with Crippen LogP contribution in [-0.4, -0.2) is 15.9 Å². The highest BCUT2D eigenvalue weighted by Gasteiger charge is 2.17. The van der Waals surface area contributed by atoms with E-state index in [1.54, 1.807) is 11.3 Å². The maximum absolute atomic E-state index is 12.6. The van der Waals surface area contributed by atoms with Gasteiger partial charge < -0.3 is 5.32 Å². The molecule has 2 heterocycles. The van der Waals surface area contributed by atoms with E-state index < -0.39 is 0 Å². The number of aromatic nitrogens is 2. The number of anilines is 1. The number of hydrogen-bond acceptors (Lipinski definition) is 4. The van der Waals surface area contributed by atoms with E-state index in [-0.39, 0.29) is 5.91 Å². The zero-order valence-electron chi connectivity index (χ0n) is 15.3. The molecule has 1 aliphatic carbocycles. The summed E-state index contributed by atoms with van der Waals surface area (Å²) in [5.74, 6) is -0.0165. The lowest BCUT2D eigenvalue weighted by atomic mass is 9.99. The van der Waals surface area contributed by atoms with Gasteiger partial charge in [-0.2, -0.15) is 0 Å². The molecular weight excluding hydrogens is 342 g/mol. The monoisotopic (exact) mass is 365 g/mol. The Kier molecular flexibility index (Phi) is 4.72. The molecule has 26 heavy (non-hydrogen) atoms. The van der Waals surface area contributed by atoms with Gasteiger partial charge in [-0.25, -0.2) is 4.98 Å². The lowest BCUT2D eigenvalue weighted by Gasteiger charge is -2.12. The van der Waals surface area contributed by atoms with Crippen molar-refractivity contribution < 1.29 is 4.79 Å². The van der Waals surface area contributed by atoms with Gasteiger partial charge in [0.1, 0.15) is 0 Å². The van der Waals surface area contributed by atoms with Crippen LogP contribution in [0.25, 0.3) is 10.9 Å². The molecule has 2 aromatic heterocycles. The topological polar surface area (TPSA) is 54.9 Å². The molecule has 0 aliphatic heterocycles. The van der Waals surface area contributed by atoms with Crippen molar-refractivity contribution in [3.63, 3.8) is 0 Å². The van der Waals surface area contributed by atoms with Crippen LogP contribution in [-0.2, 0) is 24.1 Å². The van der Waals surface area contributed by atoms with Crippen LogP contribution >= 0.6 is 11.3 Å². The first-order chi connectivity index (χ1) is 12.6. The van der Waals surface area contributed by atoms with E-state index in [1.807, 2.05) is 25.1 Å². The zero-order chi connectivity index (χ0) is 18.1. The lowest BCUT2D eigenvalue weighted by molar-refractivity contribution is -0.115. The second-order valence-corrected chi connectivity index (χ2v) is 8.08. The van der Waals surface area contributed by atoms with Gasteiger partial charge in [0.05, 0.1) is 17.6 Å². The largest absolute Gasteiger partial charge is 0.302 e. The number of nitrogens with zero attached hydrogens (tertiary/aromatic N) is 2. The molecule has 0 atom stereocenters.